The molecule has 0 aromatic rings. The quantitative estimate of drug-likeness (QED) is 0.509. The van der Waals surface area contributed by atoms with E-state index in [4.69, 9.17) is 4.74 Å². The fourth-order valence-corrected chi connectivity index (χ4v) is 1.64. The van der Waals surface area contributed by atoms with Gasteiger partial charge >= 0.3 is 0 Å². The lowest BCUT2D eigenvalue weighted by atomic mass is 10.1. The molecule has 0 amide bonds. The van der Waals surface area contributed by atoms with E-state index in [1.807, 2.05) is 6.92 Å². The SMILES string of the molecule is COC1(C)C=CPC=C1. The summed E-state index contributed by atoms with van der Waals surface area (Å²) in [6.45, 7) is 2.05. The molecule has 0 radical (unpaired) electrons. The van der Waals surface area contributed by atoms with Crippen molar-refractivity contribution >= 4 is 8.58 Å². The van der Waals surface area contributed by atoms with E-state index < -0.39 is 0 Å². The van der Waals surface area contributed by atoms with E-state index in [9.17, 15) is 0 Å². The standard InChI is InChI=1S/C7H11OP/c1-7(8-2)3-5-9-6-4-7/h3-6,9H,1-2H3. The van der Waals surface area contributed by atoms with Crippen LogP contribution in [-0.2, 0) is 4.74 Å². The van der Waals surface area contributed by atoms with Crippen molar-refractivity contribution in [3.05, 3.63) is 23.8 Å². The Morgan fingerprint density at radius 2 is 1.89 bits per heavy atom. The predicted octanol–water partition coefficient (Wildman–Crippen LogP) is 2.11. The van der Waals surface area contributed by atoms with Crippen molar-refractivity contribution in [2.45, 2.75) is 12.5 Å². The van der Waals surface area contributed by atoms with Gasteiger partial charge in [0.25, 0.3) is 0 Å². The first-order chi connectivity index (χ1) is 4.27. The van der Waals surface area contributed by atoms with Gasteiger partial charge in [0.15, 0.2) is 0 Å². The number of ether oxygens (including phenoxy) is 1. The molecular weight excluding hydrogens is 131 g/mol. The molecule has 50 valence electrons. The topological polar surface area (TPSA) is 9.23 Å². The third-order valence-corrected chi connectivity index (χ3v) is 2.18. The van der Waals surface area contributed by atoms with Crippen LogP contribution in [0.25, 0.3) is 0 Å². The molecule has 0 N–H and O–H groups in total. The first-order valence-electron chi connectivity index (χ1n) is 2.93. The van der Waals surface area contributed by atoms with Crippen LogP contribution in [0.2, 0.25) is 0 Å². The molecule has 1 nitrogen and oxygen atoms in total. The van der Waals surface area contributed by atoms with Crippen molar-refractivity contribution in [2.75, 3.05) is 7.11 Å². The Hall–Kier alpha value is -0.130. The number of hydrogen-bond acceptors (Lipinski definition) is 1. The largest absolute Gasteiger partial charge is 0.370 e. The van der Waals surface area contributed by atoms with Gasteiger partial charge in [-0.25, -0.2) is 0 Å². The molecule has 0 aromatic heterocycles. The Labute approximate surface area is 57.6 Å². The number of rotatable bonds is 1. The van der Waals surface area contributed by atoms with E-state index in [0.717, 1.165) is 8.58 Å². The van der Waals surface area contributed by atoms with Gasteiger partial charge in [-0.2, -0.15) is 0 Å². The summed E-state index contributed by atoms with van der Waals surface area (Å²) in [4.78, 5) is 0. The van der Waals surface area contributed by atoms with E-state index in [0.29, 0.717) is 0 Å². The molecule has 2 heteroatoms. The summed E-state index contributed by atoms with van der Waals surface area (Å²) in [5.74, 6) is 4.28. The van der Waals surface area contributed by atoms with Crippen molar-refractivity contribution in [3.63, 3.8) is 0 Å². The lowest BCUT2D eigenvalue weighted by Crippen LogP contribution is -2.21. The molecule has 0 spiro atoms. The Balaban J connectivity index is 2.67. The molecule has 1 heterocycles. The summed E-state index contributed by atoms with van der Waals surface area (Å²) in [5, 5.41) is 0. The van der Waals surface area contributed by atoms with Crippen molar-refractivity contribution in [3.8, 4) is 0 Å². The summed E-state index contributed by atoms with van der Waals surface area (Å²) >= 11 is 0. The second-order valence-electron chi connectivity index (χ2n) is 2.22. The van der Waals surface area contributed by atoms with E-state index in [-0.39, 0.29) is 5.60 Å². The molecule has 1 rings (SSSR count). The van der Waals surface area contributed by atoms with Gasteiger partial charge in [0, 0.05) is 7.11 Å². The van der Waals surface area contributed by atoms with E-state index in [1.165, 1.54) is 0 Å². The summed E-state index contributed by atoms with van der Waals surface area (Å²) in [6, 6.07) is 0. The van der Waals surface area contributed by atoms with Crippen LogP contribution in [-0.4, -0.2) is 12.7 Å². The highest BCUT2D eigenvalue weighted by Crippen LogP contribution is 2.26. The maximum Gasteiger partial charge on any atom is 0.102 e. The van der Waals surface area contributed by atoms with E-state index >= 15 is 0 Å². The van der Waals surface area contributed by atoms with Gasteiger partial charge in [0.2, 0.25) is 0 Å². The Morgan fingerprint density at radius 1 is 1.33 bits per heavy atom. The van der Waals surface area contributed by atoms with Gasteiger partial charge in [-0.1, -0.05) is 20.2 Å². The average Bonchev–Trinajstić information content (AvgIpc) is 1.90. The molecule has 1 aliphatic rings. The maximum atomic E-state index is 5.21. The highest BCUT2D eigenvalue weighted by molar-refractivity contribution is 7.45. The highest BCUT2D eigenvalue weighted by Gasteiger charge is 2.15. The minimum atomic E-state index is -0.134. The minimum absolute atomic E-state index is 0.134. The molecule has 0 saturated carbocycles. The monoisotopic (exact) mass is 142 g/mol. The van der Waals surface area contributed by atoms with Crippen LogP contribution in [0.3, 0.4) is 0 Å². The highest BCUT2D eigenvalue weighted by atomic mass is 31.1. The maximum absolute atomic E-state index is 5.21. The normalized spacial score (nSPS) is 35.8. The molecule has 0 bridgehead atoms. The summed E-state index contributed by atoms with van der Waals surface area (Å²) in [5.41, 5.74) is -0.134. The molecule has 9 heavy (non-hydrogen) atoms. The molecule has 0 saturated heterocycles. The molecular formula is C7H11OP. The smallest absolute Gasteiger partial charge is 0.102 e. The zero-order chi connectivity index (χ0) is 6.74. The third kappa shape index (κ3) is 1.64. The zero-order valence-electron chi connectivity index (χ0n) is 5.72. The fourth-order valence-electron chi connectivity index (χ4n) is 0.674. The second kappa shape index (κ2) is 2.64. The van der Waals surface area contributed by atoms with Gasteiger partial charge in [-0.05, 0) is 19.1 Å². The Bertz CT molecular complexity index is 137. The average molecular weight is 142 g/mol. The van der Waals surface area contributed by atoms with Crippen molar-refractivity contribution in [2.24, 2.45) is 0 Å². The van der Waals surface area contributed by atoms with Gasteiger partial charge in [-0.15, -0.1) is 0 Å². The number of methoxy groups -OCH3 is 1. The van der Waals surface area contributed by atoms with Crippen LogP contribution in [0.5, 0.6) is 0 Å². The van der Waals surface area contributed by atoms with Gasteiger partial charge in [0.05, 0.1) is 0 Å². The summed E-state index contributed by atoms with van der Waals surface area (Å²) < 4.78 is 5.21. The predicted molar refractivity (Wildman–Crippen MR) is 42.0 cm³/mol. The molecule has 0 fully saturated rings. The molecule has 0 aromatic carbocycles. The first-order valence-corrected chi connectivity index (χ1v) is 4.09. The van der Waals surface area contributed by atoms with Gasteiger partial charge < -0.3 is 4.74 Å². The van der Waals surface area contributed by atoms with Crippen LogP contribution < -0.4 is 0 Å². The van der Waals surface area contributed by atoms with Gasteiger partial charge in [0.1, 0.15) is 5.60 Å². The van der Waals surface area contributed by atoms with Gasteiger partial charge in [-0.3, -0.25) is 0 Å². The third-order valence-electron chi connectivity index (χ3n) is 1.46. The van der Waals surface area contributed by atoms with Crippen LogP contribution >= 0.6 is 8.58 Å². The van der Waals surface area contributed by atoms with E-state index in [2.05, 4.69) is 23.8 Å². The number of hydrogen-bond donors (Lipinski definition) is 0. The molecule has 0 atom stereocenters. The van der Waals surface area contributed by atoms with Crippen molar-refractivity contribution < 1.29 is 4.74 Å². The fraction of sp³-hybridized carbons (Fsp3) is 0.429. The Morgan fingerprint density at radius 3 is 2.22 bits per heavy atom. The lowest BCUT2D eigenvalue weighted by molar-refractivity contribution is 0.0908. The van der Waals surface area contributed by atoms with Crippen molar-refractivity contribution in [1.82, 2.24) is 0 Å². The first kappa shape index (κ1) is 6.98. The van der Waals surface area contributed by atoms with Crippen molar-refractivity contribution in [1.29, 1.82) is 0 Å². The van der Waals surface area contributed by atoms with Crippen LogP contribution in [0.15, 0.2) is 23.8 Å². The lowest BCUT2D eigenvalue weighted by Gasteiger charge is -2.21. The summed E-state index contributed by atoms with van der Waals surface area (Å²) in [6.07, 6.45) is 4.18. The zero-order valence-corrected chi connectivity index (χ0v) is 6.72. The van der Waals surface area contributed by atoms with E-state index in [1.54, 1.807) is 7.11 Å². The van der Waals surface area contributed by atoms with Crippen LogP contribution in [0, 0.1) is 0 Å². The molecule has 0 aliphatic carbocycles. The Kier molecular flexibility index (Phi) is 2.05. The van der Waals surface area contributed by atoms with Crippen LogP contribution in [0.4, 0.5) is 0 Å². The second-order valence-corrected chi connectivity index (χ2v) is 3.22. The molecule has 1 aliphatic heterocycles. The van der Waals surface area contributed by atoms with Crippen LogP contribution in [0.1, 0.15) is 6.92 Å². The molecule has 0 unspecified atom stereocenters. The summed E-state index contributed by atoms with van der Waals surface area (Å²) in [7, 11) is 2.56. The minimum Gasteiger partial charge on any atom is -0.370 e.